The number of nitrogens with one attached hydrogen (secondary N) is 2. The number of nitrogens with two attached hydrogens (primary N) is 1. The van der Waals surface area contributed by atoms with Crippen molar-refractivity contribution < 1.29 is 9.47 Å². The lowest BCUT2D eigenvalue weighted by Gasteiger charge is -2.49. The van der Waals surface area contributed by atoms with Crippen LogP contribution in [0.5, 0.6) is 0 Å². The summed E-state index contributed by atoms with van der Waals surface area (Å²) in [5, 5.41) is 7.52. The smallest absolute Gasteiger partial charge is 0.0841 e. The number of hydrogen-bond acceptors (Lipinski definition) is 5. The second-order valence-corrected chi connectivity index (χ2v) is 7.29. The van der Waals surface area contributed by atoms with Crippen molar-refractivity contribution in [1.29, 1.82) is 0 Å². The number of hydrogen-bond donors (Lipinski definition) is 3. The molecule has 0 aromatic carbocycles. The molecule has 5 nitrogen and oxygen atoms in total. The Morgan fingerprint density at radius 1 is 0.905 bits per heavy atom. The second-order valence-electron chi connectivity index (χ2n) is 7.29. The van der Waals surface area contributed by atoms with Crippen molar-refractivity contribution in [2.75, 3.05) is 19.8 Å². The zero-order chi connectivity index (χ0) is 14.2. The Kier molecular flexibility index (Phi) is 4.20. The zero-order valence-corrected chi connectivity index (χ0v) is 12.8. The third-order valence-electron chi connectivity index (χ3n) is 6.01. The Hall–Kier alpha value is -0.200. The molecule has 3 heterocycles. The summed E-state index contributed by atoms with van der Waals surface area (Å²) in [5.41, 5.74) is 6.46. The lowest BCUT2D eigenvalue weighted by atomic mass is 9.74. The number of rotatable bonds is 1. The molecule has 21 heavy (non-hydrogen) atoms. The maximum absolute atomic E-state index is 6.46. The summed E-state index contributed by atoms with van der Waals surface area (Å²) < 4.78 is 11.8. The Bertz CT molecular complexity index is 367. The summed E-state index contributed by atoms with van der Waals surface area (Å²) in [4.78, 5) is 0. The van der Waals surface area contributed by atoms with Gasteiger partial charge in [0, 0.05) is 24.2 Å². The fourth-order valence-electron chi connectivity index (χ4n) is 4.92. The van der Waals surface area contributed by atoms with Gasteiger partial charge in [0.25, 0.3) is 0 Å². The van der Waals surface area contributed by atoms with Crippen LogP contribution in [-0.2, 0) is 9.47 Å². The largest absolute Gasteiger partial charge is 0.373 e. The first-order valence-electron chi connectivity index (χ1n) is 8.79. The topological polar surface area (TPSA) is 68.5 Å². The quantitative estimate of drug-likeness (QED) is 0.652. The molecule has 4 rings (SSSR count). The molecule has 3 saturated heterocycles. The van der Waals surface area contributed by atoms with E-state index in [0.29, 0.717) is 42.3 Å². The van der Waals surface area contributed by atoms with Crippen LogP contribution >= 0.6 is 0 Å². The minimum Gasteiger partial charge on any atom is -0.373 e. The molecule has 5 heteroatoms. The molecule has 0 radical (unpaired) electrons. The summed E-state index contributed by atoms with van der Waals surface area (Å²) >= 11 is 0. The zero-order valence-electron chi connectivity index (χ0n) is 12.8. The maximum atomic E-state index is 6.46. The van der Waals surface area contributed by atoms with E-state index in [4.69, 9.17) is 15.2 Å². The molecule has 3 aliphatic heterocycles. The summed E-state index contributed by atoms with van der Waals surface area (Å²) in [6, 6.07) is 1.89. The molecule has 4 fully saturated rings. The van der Waals surface area contributed by atoms with Gasteiger partial charge in [-0.15, -0.1) is 0 Å². The highest BCUT2D eigenvalue weighted by molar-refractivity contribution is 5.03. The van der Waals surface area contributed by atoms with Gasteiger partial charge >= 0.3 is 0 Å². The van der Waals surface area contributed by atoms with Gasteiger partial charge in [-0.2, -0.15) is 0 Å². The van der Waals surface area contributed by atoms with E-state index in [1.807, 2.05) is 0 Å². The first-order valence-corrected chi connectivity index (χ1v) is 8.79. The third-order valence-corrected chi connectivity index (χ3v) is 6.01. The van der Waals surface area contributed by atoms with E-state index >= 15 is 0 Å². The maximum Gasteiger partial charge on any atom is 0.0841 e. The van der Waals surface area contributed by atoms with Crippen LogP contribution in [0.4, 0.5) is 0 Å². The van der Waals surface area contributed by atoms with Gasteiger partial charge in [0.2, 0.25) is 0 Å². The van der Waals surface area contributed by atoms with Crippen LogP contribution in [0, 0.1) is 5.92 Å². The van der Waals surface area contributed by atoms with Crippen LogP contribution < -0.4 is 16.4 Å². The van der Waals surface area contributed by atoms with Crippen molar-refractivity contribution in [2.45, 2.75) is 74.9 Å². The van der Waals surface area contributed by atoms with E-state index in [1.165, 1.54) is 19.3 Å². The molecule has 1 saturated carbocycles. The fourth-order valence-corrected chi connectivity index (χ4v) is 4.92. The van der Waals surface area contributed by atoms with E-state index in [0.717, 1.165) is 39.0 Å². The summed E-state index contributed by atoms with van der Waals surface area (Å²) in [6.45, 7) is 2.66. The van der Waals surface area contributed by atoms with Gasteiger partial charge < -0.3 is 25.8 Å². The molecule has 0 aromatic heterocycles. The van der Waals surface area contributed by atoms with Gasteiger partial charge in [-0.05, 0) is 51.0 Å². The third kappa shape index (κ3) is 2.86. The van der Waals surface area contributed by atoms with Gasteiger partial charge in [0.1, 0.15) is 0 Å². The molecular formula is C16H29N3O2. The molecule has 0 amide bonds. The Balaban J connectivity index is 1.39. The van der Waals surface area contributed by atoms with Crippen molar-refractivity contribution in [3.8, 4) is 0 Å². The molecule has 120 valence electrons. The van der Waals surface area contributed by atoms with Crippen LogP contribution in [0.1, 0.15) is 38.5 Å². The van der Waals surface area contributed by atoms with Gasteiger partial charge in [0.15, 0.2) is 0 Å². The predicted octanol–water partition coefficient (Wildman–Crippen LogP) is 0.380. The average molecular weight is 295 g/mol. The van der Waals surface area contributed by atoms with Crippen molar-refractivity contribution >= 4 is 0 Å². The molecular weight excluding hydrogens is 266 g/mol. The minimum absolute atomic E-state index is 0.294. The van der Waals surface area contributed by atoms with Crippen LogP contribution in [0.25, 0.3) is 0 Å². The van der Waals surface area contributed by atoms with Crippen LogP contribution in [0.3, 0.4) is 0 Å². The van der Waals surface area contributed by atoms with Crippen LogP contribution in [-0.4, -0.2) is 56.1 Å². The van der Waals surface area contributed by atoms with E-state index < -0.39 is 0 Å². The number of ether oxygens (including phenoxy) is 2. The van der Waals surface area contributed by atoms with Crippen LogP contribution in [0.15, 0.2) is 0 Å². The molecule has 7 unspecified atom stereocenters. The van der Waals surface area contributed by atoms with Crippen molar-refractivity contribution in [2.24, 2.45) is 11.7 Å². The summed E-state index contributed by atoms with van der Waals surface area (Å²) in [5.74, 6) is 0.696. The van der Waals surface area contributed by atoms with Gasteiger partial charge in [0.05, 0.1) is 25.4 Å². The SMILES string of the molecule is NC1CC(C2CCC3OCCOC3C2)NC2CCCNC12. The molecule has 1 aliphatic carbocycles. The molecule has 0 bridgehead atoms. The summed E-state index contributed by atoms with van der Waals surface area (Å²) in [6.07, 6.45) is 7.82. The first kappa shape index (κ1) is 14.4. The standard InChI is InChI=1S/C16H29N3O2/c17-11-9-13(19-12-2-1-5-18-16(11)12)10-3-4-14-15(8-10)21-7-6-20-14/h10-16,18-19H,1-9,17H2. The predicted molar refractivity (Wildman–Crippen MR) is 81.1 cm³/mol. The Labute approximate surface area is 127 Å². The molecule has 4 aliphatic rings. The highest BCUT2D eigenvalue weighted by Crippen LogP contribution is 2.35. The highest BCUT2D eigenvalue weighted by atomic mass is 16.6. The monoisotopic (exact) mass is 295 g/mol. The lowest BCUT2D eigenvalue weighted by molar-refractivity contribution is -0.164. The molecule has 4 N–H and O–H groups in total. The highest BCUT2D eigenvalue weighted by Gasteiger charge is 2.42. The van der Waals surface area contributed by atoms with E-state index in [1.54, 1.807) is 0 Å². The molecule has 0 aromatic rings. The Morgan fingerprint density at radius 2 is 1.76 bits per heavy atom. The van der Waals surface area contributed by atoms with E-state index in [-0.39, 0.29) is 0 Å². The van der Waals surface area contributed by atoms with Crippen LogP contribution in [0.2, 0.25) is 0 Å². The number of piperidine rings is 2. The van der Waals surface area contributed by atoms with Crippen molar-refractivity contribution in [3.63, 3.8) is 0 Å². The number of fused-ring (bicyclic) bond motifs is 2. The van der Waals surface area contributed by atoms with Crippen molar-refractivity contribution in [3.05, 3.63) is 0 Å². The summed E-state index contributed by atoms with van der Waals surface area (Å²) in [7, 11) is 0. The van der Waals surface area contributed by atoms with Gasteiger partial charge in [-0.25, -0.2) is 0 Å². The van der Waals surface area contributed by atoms with Crippen molar-refractivity contribution in [1.82, 2.24) is 10.6 Å². The minimum atomic E-state index is 0.294. The lowest BCUT2D eigenvalue weighted by Crippen LogP contribution is -2.68. The van der Waals surface area contributed by atoms with Gasteiger partial charge in [-0.3, -0.25) is 0 Å². The second kappa shape index (κ2) is 6.13. The van der Waals surface area contributed by atoms with E-state index in [2.05, 4.69) is 10.6 Å². The normalized spacial score (nSPS) is 51.0. The molecule has 0 spiro atoms. The van der Waals surface area contributed by atoms with Gasteiger partial charge in [-0.1, -0.05) is 0 Å². The first-order chi connectivity index (χ1) is 10.3. The average Bonchev–Trinajstić information content (AvgIpc) is 2.54. The Morgan fingerprint density at radius 3 is 2.67 bits per heavy atom. The molecule has 7 atom stereocenters. The van der Waals surface area contributed by atoms with E-state index in [9.17, 15) is 0 Å². The fraction of sp³-hybridized carbons (Fsp3) is 1.00.